The van der Waals surface area contributed by atoms with Gasteiger partial charge in [-0.1, -0.05) is 6.07 Å². The molecule has 0 unspecified atom stereocenters. The van der Waals surface area contributed by atoms with Crippen molar-refractivity contribution in [2.24, 2.45) is 5.73 Å². The summed E-state index contributed by atoms with van der Waals surface area (Å²) >= 11 is 1.61. The number of rotatable bonds is 8. The van der Waals surface area contributed by atoms with E-state index >= 15 is 0 Å². The maximum Gasteiger partial charge on any atom is 0.221 e. The number of aryl methyl sites for hydroxylation is 1. The summed E-state index contributed by atoms with van der Waals surface area (Å²) < 4.78 is 10.5. The third kappa shape index (κ3) is 4.69. The number of hydrogen-bond acceptors (Lipinski definition) is 6. The van der Waals surface area contributed by atoms with Gasteiger partial charge in [-0.3, -0.25) is 4.79 Å². The Morgan fingerprint density at radius 1 is 1.33 bits per heavy atom. The van der Waals surface area contributed by atoms with Gasteiger partial charge >= 0.3 is 0 Å². The van der Waals surface area contributed by atoms with Crippen molar-refractivity contribution in [3.8, 4) is 11.5 Å². The van der Waals surface area contributed by atoms with E-state index in [1.807, 2.05) is 18.5 Å². The second-order valence-corrected chi connectivity index (χ2v) is 6.33. The average molecular weight is 349 g/mol. The second-order valence-electron chi connectivity index (χ2n) is 5.39. The van der Waals surface area contributed by atoms with Crippen LogP contribution in [0.15, 0.2) is 23.7 Å². The largest absolute Gasteiger partial charge is 0.493 e. The minimum atomic E-state index is -0.394. The van der Waals surface area contributed by atoms with E-state index in [9.17, 15) is 4.79 Å². The van der Waals surface area contributed by atoms with E-state index in [1.54, 1.807) is 37.7 Å². The van der Waals surface area contributed by atoms with Gasteiger partial charge in [-0.2, -0.15) is 0 Å². The molecule has 0 aliphatic heterocycles. The lowest BCUT2D eigenvalue weighted by Crippen LogP contribution is -2.29. The van der Waals surface area contributed by atoms with Crippen LogP contribution in [0.4, 0.5) is 0 Å². The number of carbonyl (C=O) groups excluding carboxylic acids is 1. The fourth-order valence-electron chi connectivity index (χ4n) is 2.35. The number of aromatic nitrogens is 1. The number of hydrogen-bond donors (Lipinski definition) is 2. The molecule has 6 nitrogen and oxygen atoms in total. The van der Waals surface area contributed by atoms with Gasteiger partial charge in [0.25, 0.3) is 0 Å². The average Bonchev–Trinajstić information content (AvgIpc) is 2.99. The molecule has 1 amide bonds. The van der Waals surface area contributed by atoms with Gasteiger partial charge < -0.3 is 20.5 Å². The first-order valence-corrected chi connectivity index (χ1v) is 8.56. The van der Waals surface area contributed by atoms with Crippen LogP contribution in [0, 0.1) is 6.92 Å². The lowest BCUT2D eigenvalue weighted by Gasteiger charge is -2.15. The van der Waals surface area contributed by atoms with Gasteiger partial charge in [0.1, 0.15) is 0 Å². The van der Waals surface area contributed by atoms with Crippen molar-refractivity contribution in [2.75, 3.05) is 20.8 Å². The summed E-state index contributed by atoms with van der Waals surface area (Å²) in [4.78, 5) is 17.4. The molecule has 0 saturated heterocycles. The Labute approximate surface area is 146 Å². The Morgan fingerprint density at radius 3 is 2.71 bits per heavy atom. The van der Waals surface area contributed by atoms with Crippen molar-refractivity contribution in [1.29, 1.82) is 0 Å². The first kappa shape index (κ1) is 18.2. The Hall–Kier alpha value is -2.12. The summed E-state index contributed by atoms with van der Waals surface area (Å²) in [6.07, 6.45) is 1.00. The molecule has 0 radical (unpaired) electrons. The van der Waals surface area contributed by atoms with E-state index in [-0.39, 0.29) is 12.3 Å². The maximum atomic E-state index is 12.1. The zero-order valence-corrected chi connectivity index (χ0v) is 15.0. The molecule has 2 aromatic rings. The summed E-state index contributed by atoms with van der Waals surface area (Å²) in [6.45, 7) is 2.56. The van der Waals surface area contributed by atoms with Crippen molar-refractivity contribution < 1.29 is 14.3 Å². The molecule has 1 aromatic carbocycles. The fourth-order valence-corrected chi connectivity index (χ4v) is 3.14. The highest BCUT2D eigenvalue weighted by molar-refractivity contribution is 7.09. The molecule has 0 saturated carbocycles. The number of thiazole rings is 1. The van der Waals surface area contributed by atoms with Gasteiger partial charge in [-0.25, -0.2) is 4.98 Å². The van der Waals surface area contributed by atoms with Crippen molar-refractivity contribution in [3.05, 3.63) is 39.8 Å². The predicted molar refractivity (Wildman–Crippen MR) is 94.7 cm³/mol. The van der Waals surface area contributed by atoms with Gasteiger partial charge in [-0.05, 0) is 24.6 Å². The molecule has 0 aliphatic rings. The molecular formula is C17H23N3O3S. The number of benzene rings is 1. The monoisotopic (exact) mass is 349 g/mol. The Balaban J connectivity index is 1.86. The standard InChI is InChI=1S/C17H23N3O3S/c1-11-16(24-10-20-11)6-7-19-17(21)9-13(18)12-4-5-14(22-2)15(8-12)23-3/h4-5,8,10,13H,6-7,9,18H2,1-3H3,(H,19,21)/t13-/m0/s1. The third-order valence-electron chi connectivity index (χ3n) is 3.76. The number of amides is 1. The Bertz CT molecular complexity index is 687. The molecule has 0 spiro atoms. The van der Waals surface area contributed by atoms with Crippen LogP contribution in [0.2, 0.25) is 0 Å². The van der Waals surface area contributed by atoms with Crippen LogP contribution in [-0.4, -0.2) is 31.7 Å². The smallest absolute Gasteiger partial charge is 0.221 e. The molecular weight excluding hydrogens is 326 g/mol. The van der Waals surface area contributed by atoms with Crippen LogP contribution in [-0.2, 0) is 11.2 Å². The van der Waals surface area contributed by atoms with Crippen LogP contribution in [0.1, 0.15) is 28.6 Å². The first-order chi connectivity index (χ1) is 11.5. The molecule has 1 heterocycles. The minimum Gasteiger partial charge on any atom is -0.493 e. The Kier molecular flexibility index (Phi) is 6.57. The number of nitrogens with one attached hydrogen (secondary N) is 1. The maximum absolute atomic E-state index is 12.1. The van der Waals surface area contributed by atoms with Gasteiger partial charge in [0.15, 0.2) is 11.5 Å². The minimum absolute atomic E-state index is 0.0700. The number of nitrogens with zero attached hydrogens (tertiary/aromatic N) is 1. The molecule has 1 atom stereocenters. The van der Waals surface area contributed by atoms with Gasteiger partial charge in [0.2, 0.25) is 5.91 Å². The van der Waals surface area contributed by atoms with E-state index in [2.05, 4.69) is 10.3 Å². The highest BCUT2D eigenvalue weighted by Gasteiger charge is 2.14. The zero-order chi connectivity index (χ0) is 17.5. The van der Waals surface area contributed by atoms with Crippen molar-refractivity contribution in [1.82, 2.24) is 10.3 Å². The summed E-state index contributed by atoms with van der Waals surface area (Å²) in [5, 5.41) is 2.90. The fraction of sp³-hybridized carbons (Fsp3) is 0.412. The van der Waals surface area contributed by atoms with Gasteiger partial charge in [0.05, 0.1) is 25.4 Å². The molecule has 0 fully saturated rings. The highest BCUT2D eigenvalue weighted by Crippen LogP contribution is 2.30. The van der Waals surface area contributed by atoms with E-state index < -0.39 is 6.04 Å². The van der Waals surface area contributed by atoms with Gasteiger partial charge in [0, 0.05) is 30.3 Å². The quantitative estimate of drug-likeness (QED) is 0.763. The zero-order valence-electron chi connectivity index (χ0n) is 14.2. The second kappa shape index (κ2) is 8.65. The number of carbonyl (C=O) groups is 1. The van der Waals surface area contributed by atoms with E-state index in [0.717, 1.165) is 17.7 Å². The van der Waals surface area contributed by atoms with Gasteiger partial charge in [-0.15, -0.1) is 11.3 Å². The summed E-state index contributed by atoms with van der Waals surface area (Å²) in [7, 11) is 3.15. The highest BCUT2D eigenvalue weighted by atomic mass is 32.1. The summed E-state index contributed by atoms with van der Waals surface area (Å²) in [5.41, 5.74) is 9.81. The molecule has 1 aromatic heterocycles. The predicted octanol–water partition coefficient (Wildman–Crippen LogP) is 2.22. The molecule has 0 bridgehead atoms. The van der Waals surface area contributed by atoms with Crippen molar-refractivity contribution in [3.63, 3.8) is 0 Å². The molecule has 2 rings (SSSR count). The SMILES string of the molecule is COc1ccc([C@@H](N)CC(=O)NCCc2scnc2C)cc1OC. The van der Waals surface area contributed by atoms with E-state index in [4.69, 9.17) is 15.2 Å². The number of ether oxygens (including phenoxy) is 2. The normalized spacial score (nSPS) is 11.8. The van der Waals surface area contributed by atoms with Crippen LogP contribution < -0.4 is 20.5 Å². The Morgan fingerprint density at radius 2 is 2.08 bits per heavy atom. The molecule has 3 N–H and O–H groups in total. The summed E-state index contributed by atoms with van der Waals surface area (Å²) in [5.74, 6) is 1.17. The number of methoxy groups -OCH3 is 2. The van der Waals surface area contributed by atoms with Crippen LogP contribution in [0.3, 0.4) is 0 Å². The van der Waals surface area contributed by atoms with Crippen molar-refractivity contribution >= 4 is 17.2 Å². The third-order valence-corrected chi connectivity index (χ3v) is 4.76. The molecule has 7 heteroatoms. The molecule has 0 aliphatic carbocycles. The summed E-state index contributed by atoms with van der Waals surface area (Å²) in [6, 6.07) is 5.05. The van der Waals surface area contributed by atoms with Crippen molar-refractivity contribution in [2.45, 2.75) is 25.8 Å². The topological polar surface area (TPSA) is 86.5 Å². The van der Waals surface area contributed by atoms with Crippen LogP contribution >= 0.6 is 11.3 Å². The molecule has 130 valence electrons. The molecule has 24 heavy (non-hydrogen) atoms. The van der Waals surface area contributed by atoms with Crippen LogP contribution in [0.5, 0.6) is 11.5 Å². The van der Waals surface area contributed by atoms with Crippen LogP contribution in [0.25, 0.3) is 0 Å². The van der Waals surface area contributed by atoms with E-state index in [0.29, 0.717) is 18.0 Å². The first-order valence-electron chi connectivity index (χ1n) is 7.68. The van der Waals surface area contributed by atoms with E-state index in [1.165, 1.54) is 4.88 Å². The lowest BCUT2D eigenvalue weighted by molar-refractivity contribution is -0.121. The number of nitrogens with two attached hydrogens (primary N) is 1. The lowest BCUT2D eigenvalue weighted by atomic mass is 10.0.